The Bertz CT molecular complexity index is 621. The van der Waals surface area contributed by atoms with Crippen molar-refractivity contribution >= 4 is 10.0 Å². The Labute approximate surface area is 111 Å². The summed E-state index contributed by atoms with van der Waals surface area (Å²) in [4.78, 5) is 16.3. The zero-order valence-electron chi connectivity index (χ0n) is 10.5. The summed E-state index contributed by atoms with van der Waals surface area (Å²) in [6.45, 7) is 1.68. The first-order valence-electron chi connectivity index (χ1n) is 6.50. The van der Waals surface area contributed by atoms with Crippen molar-refractivity contribution < 1.29 is 8.42 Å². The van der Waals surface area contributed by atoms with E-state index in [-0.39, 0.29) is 10.9 Å². The molecule has 104 valence electrons. The number of nitrogens with one attached hydrogen (secondary N) is 2. The van der Waals surface area contributed by atoms with E-state index in [1.54, 1.807) is 0 Å². The lowest BCUT2D eigenvalue weighted by atomic mass is 10.3. The van der Waals surface area contributed by atoms with Crippen molar-refractivity contribution in [1.82, 2.24) is 14.6 Å². The Morgan fingerprint density at radius 3 is 2.79 bits per heavy atom. The Morgan fingerprint density at radius 1 is 1.32 bits per heavy atom. The molecule has 19 heavy (non-hydrogen) atoms. The van der Waals surface area contributed by atoms with Crippen LogP contribution in [-0.4, -0.2) is 43.5 Å². The van der Waals surface area contributed by atoms with Gasteiger partial charge in [0, 0.05) is 43.6 Å². The van der Waals surface area contributed by atoms with Crippen LogP contribution in [0.15, 0.2) is 28.2 Å². The molecule has 1 aliphatic heterocycles. The average Bonchev–Trinajstić information content (AvgIpc) is 3.11. The summed E-state index contributed by atoms with van der Waals surface area (Å²) in [7, 11) is -3.72. The second-order valence-corrected chi connectivity index (χ2v) is 6.89. The maximum absolute atomic E-state index is 12.2. The van der Waals surface area contributed by atoms with Gasteiger partial charge in [-0.15, -0.1) is 0 Å². The molecule has 6 nitrogen and oxygen atoms in total. The van der Waals surface area contributed by atoms with Crippen LogP contribution in [0.4, 0.5) is 0 Å². The maximum Gasteiger partial charge on any atom is 0.246 e. The number of H-pyrrole nitrogens is 1. The summed E-state index contributed by atoms with van der Waals surface area (Å²) in [6, 6.07) is 1.78. The fraction of sp³-hybridized carbons (Fsp3) is 0.583. The summed E-state index contributed by atoms with van der Waals surface area (Å²) in [5.41, 5.74) is -0.483. The monoisotopic (exact) mass is 283 g/mol. The van der Waals surface area contributed by atoms with Gasteiger partial charge in [0.2, 0.25) is 15.5 Å². The zero-order chi connectivity index (χ0) is 13.5. The fourth-order valence-electron chi connectivity index (χ4n) is 2.55. The molecule has 1 saturated heterocycles. The highest BCUT2D eigenvalue weighted by atomic mass is 32.2. The first-order chi connectivity index (χ1) is 9.06. The van der Waals surface area contributed by atoms with Crippen LogP contribution in [-0.2, 0) is 10.0 Å². The summed E-state index contributed by atoms with van der Waals surface area (Å²) in [5.74, 6) is 0. The van der Waals surface area contributed by atoms with Gasteiger partial charge < -0.3 is 4.98 Å². The van der Waals surface area contributed by atoms with Gasteiger partial charge in [-0.1, -0.05) is 0 Å². The Hall–Kier alpha value is -1.18. The molecule has 2 fully saturated rings. The average molecular weight is 283 g/mol. The molecule has 2 heterocycles. The van der Waals surface area contributed by atoms with E-state index in [1.807, 2.05) is 0 Å². The van der Waals surface area contributed by atoms with Crippen molar-refractivity contribution in [1.29, 1.82) is 0 Å². The number of hydrogen-bond acceptors (Lipinski definition) is 4. The molecule has 0 aromatic carbocycles. The van der Waals surface area contributed by atoms with Crippen molar-refractivity contribution in [2.75, 3.05) is 13.1 Å². The quantitative estimate of drug-likeness (QED) is 0.808. The van der Waals surface area contributed by atoms with Crippen LogP contribution >= 0.6 is 0 Å². The SMILES string of the molecule is O=c1cc[nH]cc1S(=O)(=O)NC1CCN(C2CC2)C1. The molecule has 7 heteroatoms. The summed E-state index contributed by atoms with van der Waals surface area (Å²) in [6.07, 6.45) is 5.90. The second-order valence-electron chi connectivity index (χ2n) is 5.21. The minimum absolute atomic E-state index is 0.0924. The van der Waals surface area contributed by atoms with Gasteiger partial charge in [0.05, 0.1) is 0 Å². The van der Waals surface area contributed by atoms with Crippen molar-refractivity contribution in [3.05, 3.63) is 28.7 Å². The number of aromatic nitrogens is 1. The molecule has 0 radical (unpaired) electrons. The molecule has 0 amide bonds. The standard InChI is InChI=1S/C12H17N3O3S/c16-11-3-5-13-7-12(11)19(17,18)14-9-4-6-15(8-9)10-1-2-10/h3,5,7,9-10,14H,1-2,4,6,8H2,(H,13,16). The molecule has 1 aliphatic carbocycles. The minimum atomic E-state index is -3.72. The van der Waals surface area contributed by atoms with Crippen molar-refractivity contribution in [3.63, 3.8) is 0 Å². The van der Waals surface area contributed by atoms with Gasteiger partial charge in [0.15, 0.2) is 0 Å². The lowest BCUT2D eigenvalue weighted by molar-refractivity contribution is 0.322. The molecule has 1 aromatic rings. The molecular weight excluding hydrogens is 266 g/mol. The van der Waals surface area contributed by atoms with Crippen LogP contribution < -0.4 is 10.2 Å². The molecule has 0 spiro atoms. The first-order valence-corrected chi connectivity index (χ1v) is 7.98. The first kappa shape index (κ1) is 12.8. The van der Waals surface area contributed by atoms with E-state index in [0.29, 0.717) is 6.04 Å². The van der Waals surface area contributed by atoms with E-state index >= 15 is 0 Å². The highest BCUT2D eigenvalue weighted by molar-refractivity contribution is 7.89. The van der Waals surface area contributed by atoms with Gasteiger partial charge in [-0.25, -0.2) is 13.1 Å². The summed E-state index contributed by atoms with van der Waals surface area (Å²) in [5, 5.41) is 0. The lowest BCUT2D eigenvalue weighted by Gasteiger charge is -2.15. The van der Waals surface area contributed by atoms with Crippen LogP contribution in [0.5, 0.6) is 0 Å². The number of nitrogens with zero attached hydrogens (tertiary/aromatic N) is 1. The van der Waals surface area contributed by atoms with Crippen molar-refractivity contribution in [3.8, 4) is 0 Å². The van der Waals surface area contributed by atoms with Crippen molar-refractivity contribution in [2.24, 2.45) is 0 Å². The second kappa shape index (κ2) is 4.73. The van der Waals surface area contributed by atoms with Gasteiger partial charge >= 0.3 is 0 Å². The number of pyridine rings is 1. The van der Waals surface area contributed by atoms with Crippen LogP contribution in [0.3, 0.4) is 0 Å². The number of sulfonamides is 1. The molecule has 1 aromatic heterocycles. The molecule has 1 unspecified atom stereocenters. The largest absolute Gasteiger partial charge is 0.366 e. The Balaban J connectivity index is 1.72. The van der Waals surface area contributed by atoms with E-state index in [1.165, 1.54) is 31.3 Å². The molecule has 3 rings (SSSR count). The topological polar surface area (TPSA) is 82.3 Å². The predicted molar refractivity (Wildman–Crippen MR) is 70.4 cm³/mol. The van der Waals surface area contributed by atoms with E-state index < -0.39 is 15.5 Å². The van der Waals surface area contributed by atoms with Gasteiger partial charge in [-0.3, -0.25) is 9.69 Å². The van der Waals surface area contributed by atoms with Crippen molar-refractivity contribution in [2.45, 2.75) is 36.2 Å². The number of aromatic amines is 1. The molecule has 2 N–H and O–H groups in total. The highest BCUT2D eigenvalue weighted by Gasteiger charge is 2.36. The Kier molecular flexibility index (Phi) is 3.20. The van der Waals surface area contributed by atoms with Crippen LogP contribution in [0.25, 0.3) is 0 Å². The van der Waals surface area contributed by atoms with E-state index in [4.69, 9.17) is 0 Å². The molecule has 1 atom stereocenters. The van der Waals surface area contributed by atoms with Crippen LogP contribution in [0.1, 0.15) is 19.3 Å². The smallest absolute Gasteiger partial charge is 0.246 e. The maximum atomic E-state index is 12.2. The number of hydrogen-bond donors (Lipinski definition) is 2. The van der Waals surface area contributed by atoms with E-state index in [9.17, 15) is 13.2 Å². The molecule has 0 bridgehead atoms. The van der Waals surface area contributed by atoms with Gasteiger partial charge in [-0.05, 0) is 19.3 Å². The molecule has 1 saturated carbocycles. The fourth-order valence-corrected chi connectivity index (χ4v) is 3.86. The third-order valence-corrected chi connectivity index (χ3v) is 5.22. The highest BCUT2D eigenvalue weighted by Crippen LogP contribution is 2.30. The number of rotatable bonds is 4. The third-order valence-electron chi connectivity index (χ3n) is 3.68. The molecular formula is C12H17N3O3S. The zero-order valence-corrected chi connectivity index (χ0v) is 11.3. The van der Waals surface area contributed by atoms with Gasteiger partial charge in [0.1, 0.15) is 4.90 Å². The van der Waals surface area contributed by atoms with Gasteiger partial charge in [-0.2, -0.15) is 0 Å². The van der Waals surface area contributed by atoms with Crippen LogP contribution in [0, 0.1) is 0 Å². The van der Waals surface area contributed by atoms with Crippen LogP contribution in [0.2, 0.25) is 0 Å². The summed E-state index contributed by atoms with van der Waals surface area (Å²) >= 11 is 0. The Morgan fingerprint density at radius 2 is 2.11 bits per heavy atom. The number of likely N-dealkylation sites (tertiary alicyclic amines) is 1. The molecule has 2 aliphatic rings. The summed E-state index contributed by atoms with van der Waals surface area (Å²) < 4.78 is 26.9. The van der Waals surface area contributed by atoms with E-state index in [0.717, 1.165) is 19.5 Å². The third kappa shape index (κ3) is 2.72. The van der Waals surface area contributed by atoms with E-state index in [2.05, 4.69) is 14.6 Å². The minimum Gasteiger partial charge on any atom is -0.366 e. The predicted octanol–water partition coefficient (Wildman–Crippen LogP) is -0.110. The normalized spacial score (nSPS) is 24.7. The lowest BCUT2D eigenvalue weighted by Crippen LogP contribution is -2.39. The van der Waals surface area contributed by atoms with Gasteiger partial charge in [0.25, 0.3) is 0 Å².